The zero-order valence-corrected chi connectivity index (χ0v) is 26.9. The molecule has 0 spiro atoms. The van der Waals surface area contributed by atoms with Crippen LogP contribution in [0.2, 0.25) is 0 Å². The van der Waals surface area contributed by atoms with Gasteiger partial charge in [-0.1, -0.05) is 31.9 Å². The molecule has 3 aromatic rings. The van der Waals surface area contributed by atoms with E-state index in [-0.39, 0.29) is 0 Å². The van der Waals surface area contributed by atoms with Crippen molar-refractivity contribution in [2.24, 2.45) is 0 Å². The normalized spacial score (nSPS) is 17.7. The molecule has 3 N–H and O–H groups in total. The summed E-state index contributed by atoms with van der Waals surface area (Å²) in [7, 11) is 7.09. The number of methoxy groups -OCH3 is 1. The molecule has 0 bridgehead atoms. The van der Waals surface area contributed by atoms with Crippen molar-refractivity contribution in [2.45, 2.75) is 51.5 Å². The van der Waals surface area contributed by atoms with Gasteiger partial charge in [-0.15, -0.1) is 0 Å². The van der Waals surface area contributed by atoms with Crippen LogP contribution in [0.15, 0.2) is 65.6 Å². The van der Waals surface area contributed by atoms with Crippen LogP contribution < -0.4 is 19.5 Å². The first-order valence-corrected chi connectivity index (χ1v) is 16.1. The third-order valence-electron chi connectivity index (χ3n) is 8.79. The average molecular weight is 616 g/mol. The van der Waals surface area contributed by atoms with Crippen LogP contribution in [0, 0.1) is 0 Å². The fourth-order valence-electron chi connectivity index (χ4n) is 6.35. The molecule has 6 rings (SSSR count). The van der Waals surface area contributed by atoms with Gasteiger partial charge < -0.3 is 19.5 Å². The van der Waals surface area contributed by atoms with Crippen molar-refractivity contribution in [2.75, 3.05) is 28.3 Å². The molecule has 1 saturated heterocycles. The molecule has 0 radical (unpaired) electrons. The van der Waals surface area contributed by atoms with E-state index in [0.717, 1.165) is 58.3 Å². The molecule has 1 unspecified atom stereocenters. The zero-order valence-electron chi connectivity index (χ0n) is 26.1. The molecule has 1 atom stereocenters. The number of likely N-dealkylation sites (N-methyl/N-ethyl adjacent to an activating group) is 1. The first kappa shape index (κ1) is 31.3. The Morgan fingerprint density at radius 1 is 1.11 bits per heavy atom. The Morgan fingerprint density at radius 2 is 1.84 bits per heavy atom. The third kappa shape index (κ3) is 6.09. The predicted octanol–water partition coefficient (Wildman–Crippen LogP) is 5.38. The second kappa shape index (κ2) is 13.2. The number of ether oxygens (including phenoxy) is 1. The maximum absolute atomic E-state index is 12.8. The molecule has 2 fully saturated rings. The SMILES string of the molecule is C=C1/C(=C(/C)NC)N1C.CNS(=O)NC(=O)c1ccc2c(C3CCCCC3)c3n(c2c1)CC(C=O)=Cc1cc(OC)ccc1-3. The molecule has 1 amide bonds. The van der Waals surface area contributed by atoms with E-state index in [1.54, 1.807) is 13.2 Å². The highest BCUT2D eigenvalue weighted by Crippen LogP contribution is 2.47. The Balaban J connectivity index is 0.000000367. The summed E-state index contributed by atoms with van der Waals surface area (Å²) in [5.74, 6) is 0.733. The van der Waals surface area contributed by atoms with Crippen LogP contribution in [0.3, 0.4) is 0 Å². The Hall–Kier alpha value is -4.15. The van der Waals surface area contributed by atoms with Crippen LogP contribution >= 0.6 is 0 Å². The summed E-state index contributed by atoms with van der Waals surface area (Å²) in [4.78, 5) is 26.9. The van der Waals surface area contributed by atoms with E-state index in [1.165, 1.54) is 43.3 Å². The van der Waals surface area contributed by atoms with Gasteiger partial charge in [-0.2, -0.15) is 0 Å². The van der Waals surface area contributed by atoms with Crippen LogP contribution in [0.1, 0.15) is 66.4 Å². The van der Waals surface area contributed by atoms with Gasteiger partial charge in [0, 0.05) is 47.4 Å². The summed E-state index contributed by atoms with van der Waals surface area (Å²) in [5.41, 5.74) is 9.95. The summed E-state index contributed by atoms with van der Waals surface area (Å²) in [6.07, 6.45) is 8.71. The van der Waals surface area contributed by atoms with Crippen molar-refractivity contribution in [1.82, 2.24) is 24.2 Å². The first-order valence-electron chi connectivity index (χ1n) is 14.9. The number of nitrogens with zero attached hydrogens (tertiary/aromatic N) is 2. The highest BCUT2D eigenvalue weighted by Gasteiger charge is 2.30. The Morgan fingerprint density at radius 3 is 2.43 bits per heavy atom. The van der Waals surface area contributed by atoms with Gasteiger partial charge in [0.05, 0.1) is 30.7 Å². The lowest BCUT2D eigenvalue weighted by Gasteiger charge is -2.24. The molecular weight excluding hydrogens is 574 g/mol. The number of allylic oxidation sites excluding steroid dienone is 2. The van der Waals surface area contributed by atoms with Crippen LogP contribution in [0.4, 0.5) is 0 Å². The number of benzene rings is 2. The predicted molar refractivity (Wildman–Crippen MR) is 177 cm³/mol. The molecule has 44 heavy (non-hydrogen) atoms. The molecule has 1 aromatic heterocycles. The van der Waals surface area contributed by atoms with E-state index in [1.807, 2.05) is 51.4 Å². The number of amides is 1. The number of carbonyl (C=O) groups is 2. The summed E-state index contributed by atoms with van der Waals surface area (Å²) < 4.78 is 24.4. The maximum atomic E-state index is 12.8. The first-order chi connectivity index (χ1) is 21.2. The second-order valence-electron chi connectivity index (χ2n) is 11.3. The number of fused-ring (bicyclic) bond motifs is 5. The molecule has 10 heteroatoms. The summed E-state index contributed by atoms with van der Waals surface area (Å²) in [6.45, 7) is 6.28. The van der Waals surface area contributed by atoms with E-state index < -0.39 is 17.1 Å². The largest absolute Gasteiger partial charge is 0.497 e. The highest BCUT2D eigenvalue weighted by molar-refractivity contribution is 7.81. The Bertz CT molecular complexity index is 1710. The molecule has 232 valence electrons. The second-order valence-corrected chi connectivity index (χ2v) is 12.5. The average Bonchev–Trinajstić information content (AvgIpc) is 3.59. The van der Waals surface area contributed by atoms with Crippen LogP contribution in [-0.4, -0.2) is 54.1 Å². The van der Waals surface area contributed by atoms with Gasteiger partial charge in [0.25, 0.3) is 5.91 Å². The molecule has 3 heterocycles. The van der Waals surface area contributed by atoms with Crippen LogP contribution in [-0.2, 0) is 22.5 Å². The lowest BCUT2D eigenvalue weighted by molar-refractivity contribution is -0.105. The molecular formula is C34H41N5O4S. The number of carbonyl (C=O) groups excluding carboxylic acids is 2. The van der Waals surface area contributed by atoms with Gasteiger partial charge in [0.1, 0.15) is 12.0 Å². The molecule has 2 aromatic carbocycles. The fourth-order valence-corrected chi connectivity index (χ4v) is 6.74. The van der Waals surface area contributed by atoms with E-state index >= 15 is 0 Å². The van der Waals surface area contributed by atoms with Crippen molar-refractivity contribution in [1.29, 1.82) is 0 Å². The monoisotopic (exact) mass is 615 g/mol. The van der Waals surface area contributed by atoms with Crippen LogP contribution in [0.25, 0.3) is 28.2 Å². The van der Waals surface area contributed by atoms with Gasteiger partial charge in [0.15, 0.2) is 11.2 Å². The quantitative estimate of drug-likeness (QED) is 0.244. The standard InChI is InChI=1S/C27H29N3O4S.C7H12N2/c1-28-35(33)29-27(32)19-8-10-23-24(14-19)30-15-17(16-31)12-20-13-21(34-2)9-11-22(20)26(30)25(23)18-6-4-3-5-7-18;1-5(8-3)7-6(2)9(7)4/h8-14,16,18,28H,3-7,15H2,1-2H3,(H,29,32);8H,2H2,1,3-4H3/b;7-5+. The van der Waals surface area contributed by atoms with Crippen molar-refractivity contribution < 1.29 is 18.5 Å². The summed E-state index contributed by atoms with van der Waals surface area (Å²) in [6, 6.07) is 11.6. The number of rotatable bonds is 7. The van der Waals surface area contributed by atoms with Gasteiger partial charge in [-0.25, -0.2) is 8.93 Å². The number of hydrogen-bond acceptors (Lipinski definition) is 6. The van der Waals surface area contributed by atoms with Gasteiger partial charge in [-0.05, 0) is 80.3 Å². The minimum atomic E-state index is -1.66. The number of hydrogen-bond donors (Lipinski definition) is 3. The maximum Gasteiger partial charge on any atom is 0.264 e. The topological polar surface area (TPSA) is 104 Å². The number of nitrogens with one attached hydrogen (secondary N) is 3. The fraction of sp³-hybridized carbons (Fsp3) is 0.353. The molecule has 9 nitrogen and oxygen atoms in total. The van der Waals surface area contributed by atoms with Crippen molar-refractivity contribution in [3.05, 3.63) is 82.3 Å². The lowest BCUT2D eigenvalue weighted by atomic mass is 9.81. The van der Waals surface area contributed by atoms with Gasteiger partial charge >= 0.3 is 0 Å². The highest BCUT2D eigenvalue weighted by atomic mass is 32.2. The summed E-state index contributed by atoms with van der Waals surface area (Å²) >= 11 is -1.66. The van der Waals surface area contributed by atoms with E-state index in [0.29, 0.717) is 23.6 Å². The zero-order chi connectivity index (χ0) is 31.5. The minimum absolute atomic E-state index is 0.409. The van der Waals surface area contributed by atoms with E-state index in [2.05, 4.69) is 36.9 Å². The van der Waals surface area contributed by atoms with Gasteiger partial charge in [0.2, 0.25) is 0 Å². The minimum Gasteiger partial charge on any atom is -0.497 e. The Labute approximate surface area is 261 Å². The summed E-state index contributed by atoms with van der Waals surface area (Å²) in [5, 5.41) is 4.17. The van der Waals surface area contributed by atoms with Crippen molar-refractivity contribution in [3.63, 3.8) is 0 Å². The molecule has 2 aliphatic heterocycles. The van der Waals surface area contributed by atoms with E-state index in [4.69, 9.17) is 4.74 Å². The molecule has 1 aliphatic carbocycles. The number of aromatic nitrogens is 1. The van der Waals surface area contributed by atoms with Crippen molar-refractivity contribution in [3.8, 4) is 17.0 Å². The number of aldehydes is 1. The van der Waals surface area contributed by atoms with Crippen LogP contribution in [0.5, 0.6) is 5.75 Å². The third-order valence-corrected chi connectivity index (χ3v) is 9.53. The van der Waals surface area contributed by atoms with E-state index in [9.17, 15) is 13.8 Å². The van der Waals surface area contributed by atoms with Crippen molar-refractivity contribution >= 4 is 40.3 Å². The molecule has 3 aliphatic rings. The lowest BCUT2D eigenvalue weighted by Crippen LogP contribution is -2.32. The van der Waals surface area contributed by atoms with Gasteiger partial charge in [-0.3, -0.25) is 14.3 Å². The smallest absolute Gasteiger partial charge is 0.264 e. The molecule has 1 saturated carbocycles. The Kier molecular flexibility index (Phi) is 9.41.